The lowest BCUT2D eigenvalue weighted by Crippen LogP contribution is -2.68. The van der Waals surface area contributed by atoms with E-state index in [1.54, 1.807) is 18.2 Å². The molecule has 182 valence electrons. The van der Waals surface area contributed by atoms with E-state index in [9.17, 15) is 33.6 Å². The van der Waals surface area contributed by atoms with Crippen LogP contribution in [0.2, 0.25) is 5.02 Å². The molecule has 0 saturated carbocycles. The van der Waals surface area contributed by atoms with Gasteiger partial charge < -0.3 is 29.9 Å². The normalized spacial score (nSPS) is 26.3. The number of ether oxygens (including phenoxy) is 2. The maximum Gasteiger partial charge on any atom is 0.573 e. The summed E-state index contributed by atoms with van der Waals surface area (Å²) in [5, 5.41) is 41.9. The smallest absolute Gasteiger partial charge is 0.406 e. The van der Waals surface area contributed by atoms with E-state index in [4.69, 9.17) is 16.3 Å². The first-order valence-corrected chi connectivity index (χ1v) is 10.6. The van der Waals surface area contributed by atoms with E-state index < -0.39 is 42.5 Å². The van der Waals surface area contributed by atoms with Crippen LogP contribution in [0.4, 0.5) is 13.2 Å². The lowest BCUT2D eigenvalue weighted by Gasteiger charge is -2.51. The van der Waals surface area contributed by atoms with Crippen molar-refractivity contribution in [2.24, 2.45) is 0 Å². The third-order valence-corrected chi connectivity index (χ3v) is 6.28. The van der Waals surface area contributed by atoms with Crippen LogP contribution in [0, 0.1) is 0 Å². The van der Waals surface area contributed by atoms with Gasteiger partial charge in [-0.25, -0.2) is 0 Å². The molecule has 0 radical (unpaired) electrons. The fraction of sp³-hybridized carbons (Fsp3) is 0.478. The van der Waals surface area contributed by atoms with Crippen molar-refractivity contribution in [3.63, 3.8) is 0 Å². The number of aliphatic hydroxyl groups excluding tert-OH is 3. The van der Waals surface area contributed by atoms with Gasteiger partial charge in [-0.15, -0.1) is 13.2 Å². The van der Waals surface area contributed by atoms with Crippen molar-refractivity contribution < 1.29 is 43.1 Å². The topological polar surface area (TPSA) is 99.4 Å². The van der Waals surface area contributed by atoms with Crippen molar-refractivity contribution >= 4 is 11.6 Å². The van der Waals surface area contributed by atoms with E-state index in [2.05, 4.69) is 4.74 Å². The predicted molar refractivity (Wildman–Crippen MR) is 114 cm³/mol. The van der Waals surface area contributed by atoms with Crippen molar-refractivity contribution in [2.75, 3.05) is 6.61 Å². The second kappa shape index (κ2) is 9.40. The van der Waals surface area contributed by atoms with Gasteiger partial charge in [0.2, 0.25) is 0 Å². The summed E-state index contributed by atoms with van der Waals surface area (Å²) in [5.41, 5.74) is -1.55. The van der Waals surface area contributed by atoms with Gasteiger partial charge in [-0.05, 0) is 55.2 Å². The number of hydrogen-bond acceptors (Lipinski definition) is 6. The minimum absolute atomic E-state index is 0.0174. The first-order chi connectivity index (χ1) is 15.3. The van der Waals surface area contributed by atoms with Gasteiger partial charge in [0.25, 0.3) is 0 Å². The molecule has 0 amide bonds. The van der Waals surface area contributed by atoms with Crippen molar-refractivity contribution in [3.8, 4) is 5.75 Å². The number of rotatable bonds is 6. The van der Waals surface area contributed by atoms with Crippen LogP contribution in [0.15, 0.2) is 42.5 Å². The van der Waals surface area contributed by atoms with Crippen LogP contribution >= 0.6 is 11.6 Å². The molecule has 0 aromatic heterocycles. The molecule has 0 bridgehead atoms. The first-order valence-electron chi connectivity index (χ1n) is 10.3. The lowest BCUT2D eigenvalue weighted by atomic mass is 9.75. The zero-order chi connectivity index (χ0) is 24.6. The number of benzene rings is 2. The summed E-state index contributed by atoms with van der Waals surface area (Å²) in [4.78, 5) is 0. The van der Waals surface area contributed by atoms with Crippen LogP contribution in [0.25, 0.3) is 0 Å². The van der Waals surface area contributed by atoms with Crippen molar-refractivity contribution in [1.82, 2.24) is 0 Å². The minimum atomic E-state index is -4.77. The molecular formula is C23H26ClF3O6. The molecule has 10 heteroatoms. The van der Waals surface area contributed by atoms with Crippen molar-refractivity contribution in [3.05, 3.63) is 64.2 Å². The van der Waals surface area contributed by atoms with Gasteiger partial charge in [0.15, 0.2) is 0 Å². The van der Waals surface area contributed by atoms with Crippen LogP contribution < -0.4 is 4.74 Å². The Morgan fingerprint density at radius 1 is 1.12 bits per heavy atom. The molecule has 33 heavy (non-hydrogen) atoms. The van der Waals surface area contributed by atoms with E-state index in [-0.39, 0.29) is 12.2 Å². The Bertz CT molecular complexity index is 960. The zero-order valence-electron chi connectivity index (χ0n) is 18.0. The van der Waals surface area contributed by atoms with Crippen LogP contribution in [0.5, 0.6) is 5.75 Å². The molecule has 1 fully saturated rings. The Morgan fingerprint density at radius 2 is 1.76 bits per heavy atom. The summed E-state index contributed by atoms with van der Waals surface area (Å²) in [6.45, 7) is 2.03. The largest absolute Gasteiger partial charge is 0.573 e. The average Bonchev–Trinajstić information content (AvgIpc) is 2.71. The fourth-order valence-corrected chi connectivity index (χ4v) is 4.21. The van der Waals surface area contributed by atoms with E-state index in [1.165, 1.54) is 38.1 Å². The molecule has 1 aliphatic heterocycles. The standard InChI is InChI=1S/C23H26ClF3O6/c1-21(2,31)22(12-28)20(30)18(29)11-19(33-22)14-5-8-17(24)15(10-14)9-13-3-6-16(7-4-13)32-23(25,26)27/h3-8,10,18-20,28-31H,9,11-12H2,1-2H3/t18?,19-,20+,22+/m1/s1. The molecule has 2 aromatic rings. The summed E-state index contributed by atoms with van der Waals surface area (Å²) in [6.07, 6.45) is -7.99. The van der Waals surface area contributed by atoms with Crippen LogP contribution in [-0.4, -0.2) is 56.8 Å². The van der Waals surface area contributed by atoms with E-state index in [0.29, 0.717) is 28.1 Å². The van der Waals surface area contributed by atoms with E-state index in [1.807, 2.05) is 0 Å². The summed E-state index contributed by atoms with van der Waals surface area (Å²) < 4.78 is 46.9. The number of hydrogen-bond donors (Lipinski definition) is 4. The number of halogens is 4. The highest BCUT2D eigenvalue weighted by Crippen LogP contribution is 2.43. The van der Waals surface area contributed by atoms with Gasteiger partial charge in [-0.1, -0.05) is 35.9 Å². The average molecular weight is 491 g/mol. The third kappa shape index (κ3) is 5.62. The third-order valence-electron chi connectivity index (χ3n) is 5.91. The highest BCUT2D eigenvalue weighted by atomic mass is 35.5. The maximum atomic E-state index is 12.4. The maximum absolute atomic E-state index is 12.4. The molecule has 0 aliphatic carbocycles. The second-order valence-electron chi connectivity index (χ2n) is 8.68. The Morgan fingerprint density at radius 3 is 2.30 bits per heavy atom. The highest BCUT2D eigenvalue weighted by molar-refractivity contribution is 6.31. The van der Waals surface area contributed by atoms with Gasteiger partial charge in [0, 0.05) is 11.4 Å². The summed E-state index contributed by atoms with van der Waals surface area (Å²) in [6, 6.07) is 10.4. The Kier molecular flexibility index (Phi) is 7.33. The number of aliphatic hydroxyl groups is 4. The van der Waals surface area contributed by atoms with Crippen molar-refractivity contribution in [2.45, 2.75) is 62.6 Å². The molecule has 2 aromatic carbocycles. The first kappa shape index (κ1) is 25.7. The molecule has 3 rings (SSSR count). The Labute approximate surface area is 194 Å². The summed E-state index contributed by atoms with van der Waals surface area (Å²) >= 11 is 6.33. The van der Waals surface area contributed by atoms with Crippen LogP contribution in [0.3, 0.4) is 0 Å². The molecule has 1 heterocycles. The Balaban J connectivity index is 1.85. The van der Waals surface area contributed by atoms with Crippen LogP contribution in [-0.2, 0) is 11.2 Å². The molecule has 1 aliphatic rings. The Hall–Kier alpha value is -1.88. The second-order valence-corrected chi connectivity index (χ2v) is 9.09. The van der Waals surface area contributed by atoms with Gasteiger partial charge in [-0.2, -0.15) is 0 Å². The lowest BCUT2D eigenvalue weighted by molar-refractivity contribution is -0.298. The minimum Gasteiger partial charge on any atom is -0.406 e. The quantitative estimate of drug-likeness (QED) is 0.494. The fourth-order valence-electron chi connectivity index (χ4n) is 4.02. The molecule has 4 atom stereocenters. The summed E-state index contributed by atoms with van der Waals surface area (Å²) in [7, 11) is 0. The zero-order valence-corrected chi connectivity index (χ0v) is 18.8. The molecule has 4 N–H and O–H groups in total. The van der Waals surface area contributed by atoms with Gasteiger partial charge >= 0.3 is 6.36 Å². The monoisotopic (exact) mass is 490 g/mol. The van der Waals surface area contributed by atoms with Gasteiger partial charge in [0.05, 0.1) is 24.4 Å². The van der Waals surface area contributed by atoms with Crippen LogP contribution in [0.1, 0.15) is 43.1 Å². The highest BCUT2D eigenvalue weighted by Gasteiger charge is 2.57. The molecule has 6 nitrogen and oxygen atoms in total. The van der Waals surface area contributed by atoms with Crippen molar-refractivity contribution in [1.29, 1.82) is 0 Å². The van der Waals surface area contributed by atoms with E-state index >= 15 is 0 Å². The van der Waals surface area contributed by atoms with Gasteiger partial charge in [0.1, 0.15) is 17.5 Å². The molecule has 0 spiro atoms. The molecular weight excluding hydrogens is 465 g/mol. The number of alkyl halides is 3. The summed E-state index contributed by atoms with van der Waals surface area (Å²) in [5.74, 6) is -0.332. The van der Waals surface area contributed by atoms with Gasteiger partial charge in [-0.3, -0.25) is 0 Å². The van der Waals surface area contributed by atoms with E-state index in [0.717, 1.165) is 0 Å². The SMILES string of the molecule is CC(C)(O)[C@@]1(CO)O[C@@H](c2ccc(Cl)c(Cc3ccc(OC(F)(F)F)cc3)c2)CC(O)[C@@H]1O. The molecule has 1 unspecified atom stereocenters. The molecule has 1 saturated heterocycles. The predicted octanol–water partition coefficient (Wildman–Crippen LogP) is 3.51.